The van der Waals surface area contributed by atoms with Crippen LogP contribution >= 0.6 is 0 Å². The third kappa shape index (κ3) is 6.33. The summed E-state index contributed by atoms with van der Waals surface area (Å²) in [6.07, 6.45) is 4.95. The van der Waals surface area contributed by atoms with E-state index in [2.05, 4.69) is 37.3 Å². The van der Waals surface area contributed by atoms with Crippen molar-refractivity contribution in [3.63, 3.8) is 0 Å². The molecule has 5 rings (SSSR count). The van der Waals surface area contributed by atoms with Crippen molar-refractivity contribution in [1.82, 2.24) is 0 Å². The van der Waals surface area contributed by atoms with E-state index in [1.165, 1.54) is 37.3 Å². The Bertz CT molecular complexity index is 1560. The molecule has 0 N–H and O–H groups in total. The van der Waals surface area contributed by atoms with Crippen molar-refractivity contribution in [2.24, 2.45) is 0 Å². The number of aryl methyl sites for hydroxylation is 2. The largest absolute Gasteiger partial charge is 0.519 e. The molecule has 0 bridgehead atoms. The molecule has 0 heterocycles. The molecule has 0 aromatic heterocycles. The maximum absolute atomic E-state index is 12.7. The molecule has 4 aromatic carbocycles. The number of methoxy groups -OCH3 is 1. The van der Waals surface area contributed by atoms with Gasteiger partial charge in [-0.3, -0.25) is 4.79 Å². The van der Waals surface area contributed by atoms with Gasteiger partial charge in [-0.25, -0.2) is 4.79 Å². The topological polar surface area (TPSA) is 71.1 Å². The molecule has 0 amide bonds. The Balaban J connectivity index is 1.28. The third-order valence-corrected chi connectivity index (χ3v) is 8.08. The molecule has 1 saturated carbocycles. The molecule has 42 heavy (non-hydrogen) atoms. The summed E-state index contributed by atoms with van der Waals surface area (Å²) in [5, 5.41) is 0. The smallest absolute Gasteiger partial charge is 0.496 e. The minimum atomic E-state index is -0.789. The van der Waals surface area contributed by atoms with E-state index in [1.54, 1.807) is 31.4 Å². The summed E-state index contributed by atoms with van der Waals surface area (Å²) in [6.45, 7) is 5.42. The number of carbonyl (C=O) groups excluding carboxylic acids is 2. The number of carbonyl (C=O) groups is 2. The first-order valence-electron chi connectivity index (χ1n) is 14.3. The average Bonchev–Trinajstić information content (AvgIpc) is 2.99. The lowest BCUT2D eigenvalue weighted by atomic mass is 9.65. The van der Waals surface area contributed by atoms with Crippen LogP contribution in [-0.2, 0) is 10.2 Å². The Morgan fingerprint density at radius 2 is 1.12 bits per heavy atom. The van der Waals surface area contributed by atoms with Crippen LogP contribution in [0.3, 0.4) is 0 Å². The van der Waals surface area contributed by atoms with Crippen molar-refractivity contribution in [2.75, 3.05) is 7.11 Å². The molecule has 1 fully saturated rings. The Kier molecular flexibility index (Phi) is 8.62. The van der Waals surface area contributed by atoms with Gasteiger partial charge in [0.25, 0.3) is 0 Å². The van der Waals surface area contributed by atoms with Crippen LogP contribution in [0.2, 0.25) is 0 Å². The number of ether oxygens (including phenoxy) is 4. The number of esters is 1. The number of hydrogen-bond acceptors (Lipinski definition) is 6. The highest BCUT2D eigenvalue weighted by molar-refractivity contribution is 5.71. The maximum atomic E-state index is 12.7. The summed E-state index contributed by atoms with van der Waals surface area (Å²) in [5.41, 5.74) is 6.34. The van der Waals surface area contributed by atoms with E-state index in [-0.39, 0.29) is 11.4 Å². The lowest BCUT2D eigenvalue weighted by molar-refractivity contribution is -0.131. The quantitative estimate of drug-likeness (QED) is 0.127. The standard InChI is InChI=1S/C36H36O6/c1-24-22-29(12-18-33(24)39-4)36(20-6-5-7-21-36)30-13-19-34(25(2)23-30)42-35(38)41-32-16-10-28(11-17-32)27-8-14-31(15-9-27)40-26(3)37/h8-19,22-23H,5-7,20-21H2,1-4H3. The minimum absolute atomic E-state index is 0.0817. The van der Waals surface area contributed by atoms with Gasteiger partial charge in [0.15, 0.2) is 0 Å². The van der Waals surface area contributed by atoms with Crippen molar-refractivity contribution < 1.29 is 28.5 Å². The fourth-order valence-electron chi connectivity index (χ4n) is 5.94. The van der Waals surface area contributed by atoms with Gasteiger partial charge >= 0.3 is 12.1 Å². The first-order chi connectivity index (χ1) is 20.3. The molecule has 0 unspecified atom stereocenters. The second kappa shape index (κ2) is 12.5. The van der Waals surface area contributed by atoms with Crippen LogP contribution in [0, 0.1) is 13.8 Å². The van der Waals surface area contributed by atoms with Crippen LogP contribution < -0.4 is 18.9 Å². The molecule has 0 radical (unpaired) electrons. The van der Waals surface area contributed by atoms with E-state index in [0.29, 0.717) is 17.2 Å². The van der Waals surface area contributed by atoms with Crippen molar-refractivity contribution in [3.8, 4) is 34.1 Å². The van der Waals surface area contributed by atoms with Crippen molar-refractivity contribution in [2.45, 2.75) is 58.3 Å². The Morgan fingerprint density at radius 3 is 1.60 bits per heavy atom. The van der Waals surface area contributed by atoms with Gasteiger partial charge in [-0.1, -0.05) is 67.8 Å². The van der Waals surface area contributed by atoms with Gasteiger partial charge in [-0.15, -0.1) is 0 Å². The van der Waals surface area contributed by atoms with Crippen LogP contribution in [0.25, 0.3) is 11.1 Å². The third-order valence-electron chi connectivity index (χ3n) is 8.08. The fourth-order valence-corrected chi connectivity index (χ4v) is 5.94. The first kappa shape index (κ1) is 28.9. The zero-order valence-electron chi connectivity index (χ0n) is 24.6. The van der Waals surface area contributed by atoms with E-state index >= 15 is 0 Å². The molecule has 216 valence electrons. The highest BCUT2D eigenvalue weighted by Gasteiger charge is 2.36. The Morgan fingerprint density at radius 1 is 0.619 bits per heavy atom. The molecule has 6 nitrogen and oxygen atoms in total. The highest BCUT2D eigenvalue weighted by Crippen LogP contribution is 2.46. The summed E-state index contributed by atoms with van der Waals surface area (Å²) < 4.78 is 21.7. The number of hydrogen-bond donors (Lipinski definition) is 0. The molecule has 0 aliphatic heterocycles. The summed E-state index contributed by atoms with van der Waals surface area (Å²) in [6, 6.07) is 27.0. The van der Waals surface area contributed by atoms with Gasteiger partial charge in [-0.2, -0.15) is 0 Å². The van der Waals surface area contributed by atoms with Crippen LogP contribution in [0.5, 0.6) is 23.0 Å². The summed E-state index contributed by atoms with van der Waals surface area (Å²) >= 11 is 0. The van der Waals surface area contributed by atoms with Crippen LogP contribution in [0.4, 0.5) is 4.79 Å². The van der Waals surface area contributed by atoms with Gasteiger partial charge in [-0.05, 0) is 96.5 Å². The monoisotopic (exact) mass is 564 g/mol. The predicted molar refractivity (Wildman–Crippen MR) is 163 cm³/mol. The van der Waals surface area contributed by atoms with E-state index in [1.807, 2.05) is 37.3 Å². The molecule has 1 aliphatic rings. The SMILES string of the molecule is COc1ccc(C2(c3ccc(OC(=O)Oc4ccc(-c5ccc(OC(C)=O)cc5)cc4)c(C)c3)CCCCC2)cc1C. The highest BCUT2D eigenvalue weighted by atomic mass is 16.7. The first-order valence-corrected chi connectivity index (χ1v) is 14.3. The molecule has 1 aliphatic carbocycles. The van der Waals surface area contributed by atoms with E-state index in [9.17, 15) is 9.59 Å². The molecule has 0 spiro atoms. The molecule has 0 saturated heterocycles. The van der Waals surface area contributed by atoms with E-state index < -0.39 is 6.16 Å². The Labute approximate surface area is 247 Å². The van der Waals surface area contributed by atoms with Gasteiger partial charge < -0.3 is 18.9 Å². The molecule has 4 aromatic rings. The van der Waals surface area contributed by atoms with Crippen LogP contribution in [-0.4, -0.2) is 19.2 Å². The summed E-state index contributed by atoms with van der Waals surface area (Å²) in [4.78, 5) is 23.8. The molecular formula is C36H36O6. The van der Waals surface area contributed by atoms with Crippen molar-refractivity contribution >= 4 is 12.1 Å². The second-order valence-corrected chi connectivity index (χ2v) is 10.9. The van der Waals surface area contributed by atoms with E-state index in [0.717, 1.165) is 40.8 Å². The number of benzene rings is 4. The van der Waals surface area contributed by atoms with Gasteiger partial charge in [0.1, 0.15) is 23.0 Å². The lowest BCUT2D eigenvalue weighted by Gasteiger charge is -2.39. The molecule has 0 atom stereocenters. The average molecular weight is 565 g/mol. The van der Waals surface area contributed by atoms with Crippen molar-refractivity contribution in [3.05, 3.63) is 107 Å². The Hall–Kier alpha value is -4.58. The second-order valence-electron chi connectivity index (χ2n) is 10.9. The normalized spacial score (nSPS) is 14.1. The molecular weight excluding hydrogens is 528 g/mol. The van der Waals surface area contributed by atoms with Gasteiger partial charge in [0, 0.05) is 12.3 Å². The maximum Gasteiger partial charge on any atom is 0.519 e. The lowest BCUT2D eigenvalue weighted by Crippen LogP contribution is -2.30. The van der Waals surface area contributed by atoms with Gasteiger partial charge in [0.05, 0.1) is 7.11 Å². The fraction of sp³-hybridized carbons (Fsp3) is 0.278. The summed E-state index contributed by atoms with van der Waals surface area (Å²) in [5.74, 6) is 1.88. The zero-order chi connectivity index (χ0) is 29.7. The predicted octanol–water partition coefficient (Wildman–Crippen LogP) is 8.73. The number of rotatable bonds is 7. The van der Waals surface area contributed by atoms with Crippen molar-refractivity contribution in [1.29, 1.82) is 0 Å². The zero-order valence-corrected chi connectivity index (χ0v) is 24.6. The van der Waals surface area contributed by atoms with E-state index in [4.69, 9.17) is 18.9 Å². The minimum Gasteiger partial charge on any atom is -0.496 e. The van der Waals surface area contributed by atoms with Gasteiger partial charge in [0.2, 0.25) is 0 Å². The van der Waals surface area contributed by atoms with Crippen LogP contribution in [0.15, 0.2) is 84.9 Å². The summed E-state index contributed by atoms with van der Waals surface area (Å²) in [7, 11) is 1.70. The molecule has 6 heteroatoms. The van der Waals surface area contributed by atoms with Crippen LogP contribution in [0.1, 0.15) is 61.3 Å².